The van der Waals surface area contributed by atoms with Crippen LogP contribution in [0.25, 0.3) is 11.5 Å². The molecular formula is C19H26N4O4S. The molecule has 2 aromatic heterocycles. The number of rotatable bonds is 4. The van der Waals surface area contributed by atoms with Crippen LogP contribution in [0.3, 0.4) is 0 Å². The topological polar surface area (TPSA) is 99.5 Å². The van der Waals surface area contributed by atoms with Gasteiger partial charge in [0.2, 0.25) is 11.0 Å². The summed E-state index contributed by atoms with van der Waals surface area (Å²) in [5.74, 6) is 0.730. The van der Waals surface area contributed by atoms with Crippen LogP contribution in [0.15, 0.2) is 33.9 Å². The fraction of sp³-hybridized carbons (Fsp3) is 0.579. The highest BCUT2D eigenvalue weighted by molar-refractivity contribution is 7.89. The van der Waals surface area contributed by atoms with Gasteiger partial charge in [0.15, 0.2) is 5.76 Å². The molecule has 2 aromatic rings. The van der Waals surface area contributed by atoms with E-state index in [1.54, 1.807) is 18.3 Å². The molecule has 4 rings (SSSR count). The maximum atomic E-state index is 13.0. The van der Waals surface area contributed by atoms with E-state index in [-0.39, 0.29) is 23.5 Å². The third-order valence-corrected chi connectivity index (χ3v) is 7.38. The van der Waals surface area contributed by atoms with E-state index >= 15 is 0 Å². The van der Waals surface area contributed by atoms with Crippen molar-refractivity contribution in [3.63, 3.8) is 0 Å². The summed E-state index contributed by atoms with van der Waals surface area (Å²) in [7, 11) is -3.78. The Bertz CT molecular complexity index is 922. The Hall–Kier alpha value is -2.13. The van der Waals surface area contributed by atoms with E-state index in [4.69, 9.17) is 4.42 Å². The number of furan rings is 1. The zero-order valence-corrected chi connectivity index (χ0v) is 16.8. The van der Waals surface area contributed by atoms with Crippen LogP contribution in [-0.4, -0.2) is 59.9 Å². The fourth-order valence-electron chi connectivity index (χ4n) is 4.13. The molecule has 0 bridgehead atoms. The molecule has 0 aliphatic carbocycles. The van der Waals surface area contributed by atoms with Crippen molar-refractivity contribution in [3.05, 3.63) is 24.4 Å². The highest BCUT2D eigenvalue weighted by Crippen LogP contribution is 2.29. The molecule has 2 aliphatic rings. The van der Waals surface area contributed by atoms with Crippen LogP contribution in [0.1, 0.15) is 32.6 Å². The molecule has 2 atom stereocenters. The molecule has 8 nitrogen and oxygen atoms in total. The third kappa shape index (κ3) is 3.73. The van der Waals surface area contributed by atoms with Crippen molar-refractivity contribution in [2.75, 3.05) is 26.2 Å². The molecule has 9 heteroatoms. The highest BCUT2D eigenvalue weighted by atomic mass is 32.2. The van der Waals surface area contributed by atoms with Crippen molar-refractivity contribution < 1.29 is 17.6 Å². The van der Waals surface area contributed by atoms with Crippen LogP contribution < -0.4 is 0 Å². The van der Waals surface area contributed by atoms with Gasteiger partial charge >= 0.3 is 0 Å². The number of nitrogens with zero attached hydrogens (tertiary/aromatic N) is 3. The van der Waals surface area contributed by atoms with Gasteiger partial charge in [-0.25, -0.2) is 8.42 Å². The van der Waals surface area contributed by atoms with E-state index in [9.17, 15) is 13.2 Å². The minimum absolute atomic E-state index is 0.0871. The number of nitrogens with one attached hydrogen (secondary N) is 1. The number of H-pyrrole nitrogens is 1. The summed E-state index contributed by atoms with van der Waals surface area (Å²) in [6.07, 6.45) is 5.14. The third-order valence-electron chi connectivity index (χ3n) is 5.64. The van der Waals surface area contributed by atoms with Gasteiger partial charge in [-0.2, -0.15) is 9.40 Å². The van der Waals surface area contributed by atoms with Crippen molar-refractivity contribution in [3.8, 4) is 11.5 Å². The molecule has 2 aliphatic heterocycles. The van der Waals surface area contributed by atoms with Gasteiger partial charge in [0.05, 0.1) is 5.92 Å². The van der Waals surface area contributed by atoms with Crippen LogP contribution in [0.4, 0.5) is 0 Å². The molecule has 0 radical (unpaired) electrons. The molecule has 2 saturated heterocycles. The number of hydrogen-bond donors (Lipinski definition) is 1. The van der Waals surface area contributed by atoms with Gasteiger partial charge in [-0.3, -0.25) is 9.89 Å². The van der Waals surface area contributed by atoms with Crippen molar-refractivity contribution in [1.82, 2.24) is 19.4 Å². The molecule has 1 N–H and O–H groups in total. The number of sulfonamides is 1. The number of amides is 1. The summed E-state index contributed by atoms with van der Waals surface area (Å²) in [4.78, 5) is 14.9. The summed E-state index contributed by atoms with van der Waals surface area (Å²) >= 11 is 0. The quantitative estimate of drug-likeness (QED) is 0.840. The first-order valence-electron chi connectivity index (χ1n) is 9.83. The van der Waals surface area contributed by atoms with Crippen molar-refractivity contribution in [2.45, 2.75) is 37.7 Å². The number of piperidine rings is 2. The molecule has 2 fully saturated rings. The van der Waals surface area contributed by atoms with E-state index in [0.717, 1.165) is 32.4 Å². The van der Waals surface area contributed by atoms with Gasteiger partial charge in [0.1, 0.15) is 5.69 Å². The Kier molecular flexibility index (Phi) is 5.29. The van der Waals surface area contributed by atoms with E-state index in [2.05, 4.69) is 17.1 Å². The second-order valence-corrected chi connectivity index (χ2v) is 9.69. The largest absolute Gasteiger partial charge is 0.442 e. The van der Waals surface area contributed by atoms with E-state index in [0.29, 0.717) is 30.3 Å². The first-order valence-corrected chi connectivity index (χ1v) is 11.3. The molecular weight excluding hydrogens is 380 g/mol. The predicted molar refractivity (Wildman–Crippen MR) is 103 cm³/mol. The molecule has 0 spiro atoms. The Balaban J connectivity index is 1.48. The maximum Gasteiger partial charge on any atom is 0.276 e. The molecule has 4 heterocycles. The van der Waals surface area contributed by atoms with Crippen LogP contribution >= 0.6 is 0 Å². The van der Waals surface area contributed by atoms with Gasteiger partial charge in [0.25, 0.3) is 10.0 Å². The lowest BCUT2D eigenvalue weighted by atomic mass is 9.94. The first-order chi connectivity index (χ1) is 13.4. The average molecular weight is 407 g/mol. The van der Waals surface area contributed by atoms with Crippen LogP contribution in [0, 0.1) is 11.8 Å². The number of aromatic nitrogens is 2. The zero-order chi connectivity index (χ0) is 19.7. The van der Waals surface area contributed by atoms with Gasteiger partial charge in [-0.1, -0.05) is 6.92 Å². The Morgan fingerprint density at radius 1 is 1.18 bits per heavy atom. The maximum absolute atomic E-state index is 13.0. The minimum atomic E-state index is -3.78. The SMILES string of the molecule is CC1CCCN(C(=O)C2CCCN(S(=O)(=O)c3ccc(-c4ccn[nH]4)o3)C2)C1. The molecule has 0 saturated carbocycles. The van der Waals surface area contributed by atoms with E-state index < -0.39 is 10.0 Å². The Morgan fingerprint density at radius 2 is 2.00 bits per heavy atom. The molecule has 0 aromatic carbocycles. The van der Waals surface area contributed by atoms with E-state index in [1.165, 1.54) is 10.4 Å². The second-order valence-electron chi connectivity index (χ2n) is 7.82. The summed E-state index contributed by atoms with van der Waals surface area (Å²) in [6, 6.07) is 4.79. The summed E-state index contributed by atoms with van der Waals surface area (Å²) in [5, 5.41) is 6.51. The average Bonchev–Trinajstić information content (AvgIpc) is 3.39. The zero-order valence-electron chi connectivity index (χ0n) is 16.0. The van der Waals surface area contributed by atoms with Crippen LogP contribution in [0.2, 0.25) is 0 Å². The van der Waals surface area contributed by atoms with Gasteiger partial charge in [-0.15, -0.1) is 0 Å². The molecule has 28 heavy (non-hydrogen) atoms. The summed E-state index contributed by atoms with van der Waals surface area (Å²) in [6.45, 7) is 4.33. The number of likely N-dealkylation sites (tertiary alicyclic amines) is 1. The normalized spacial score (nSPS) is 24.4. The minimum Gasteiger partial charge on any atom is -0.442 e. The predicted octanol–water partition coefficient (Wildman–Crippen LogP) is 2.33. The van der Waals surface area contributed by atoms with Crippen molar-refractivity contribution in [2.24, 2.45) is 11.8 Å². The van der Waals surface area contributed by atoms with Crippen molar-refractivity contribution in [1.29, 1.82) is 0 Å². The smallest absolute Gasteiger partial charge is 0.276 e. The monoisotopic (exact) mass is 406 g/mol. The molecule has 1 amide bonds. The van der Waals surface area contributed by atoms with Crippen molar-refractivity contribution >= 4 is 15.9 Å². The highest BCUT2D eigenvalue weighted by Gasteiger charge is 2.37. The summed E-state index contributed by atoms with van der Waals surface area (Å²) < 4.78 is 33.1. The van der Waals surface area contributed by atoms with E-state index in [1.807, 2.05) is 4.90 Å². The molecule has 2 unspecified atom stereocenters. The van der Waals surface area contributed by atoms with Gasteiger partial charge < -0.3 is 9.32 Å². The fourth-order valence-corrected chi connectivity index (χ4v) is 5.57. The standard InChI is InChI=1S/C19H26N4O4S/c1-14-4-2-10-22(12-14)19(24)15-5-3-11-23(13-15)28(25,26)18-7-6-17(27-18)16-8-9-20-21-16/h6-9,14-15H,2-5,10-13H2,1H3,(H,20,21). The lowest BCUT2D eigenvalue weighted by molar-refractivity contribution is -0.138. The second kappa shape index (κ2) is 7.71. The summed E-state index contributed by atoms with van der Waals surface area (Å²) in [5.41, 5.74) is 0.618. The number of carbonyl (C=O) groups is 1. The number of carbonyl (C=O) groups excluding carboxylic acids is 1. The lowest BCUT2D eigenvalue weighted by Gasteiger charge is -2.37. The Labute approximate surface area is 164 Å². The lowest BCUT2D eigenvalue weighted by Crippen LogP contribution is -2.48. The first kappa shape index (κ1) is 19.2. The molecule has 152 valence electrons. The van der Waals surface area contributed by atoms with Crippen LogP contribution in [-0.2, 0) is 14.8 Å². The Morgan fingerprint density at radius 3 is 2.75 bits per heavy atom. The van der Waals surface area contributed by atoms with Crippen LogP contribution in [0.5, 0.6) is 0 Å². The number of hydrogen-bond acceptors (Lipinski definition) is 5. The number of aromatic amines is 1. The van der Waals surface area contributed by atoms with Gasteiger partial charge in [0, 0.05) is 32.4 Å². The van der Waals surface area contributed by atoms with Gasteiger partial charge in [-0.05, 0) is 49.8 Å².